The van der Waals surface area contributed by atoms with E-state index < -0.39 is 10.0 Å². The minimum atomic E-state index is -3.73. The minimum absolute atomic E-state index is 0.0859. The van der Waals surface area contributed by atoms with Crippen LogP contribution < -0.4 is 13.8 Å². The third-order valence-corrected chi connectivity index (χ3v) is 5.43. The number of sulfonamides is 1. The first-order valence-electron chi connectivity index (χ1n) is 7.06. The Labute approximate surface area is 147 Å². The zero-order chi connectivity index (χ0) is 17.7. The summed E-state index contributed by atoms with van der Waals surface area (Å²) in [6.07, 6.45) is 1.64. The molecule has 0 saturated heterocycles. The molecule has 2 rings (SSSR count). The number of anilines is 1. The molecule has 0 heterocycles. The monoisotopic (exact) mass is 367 g/mol. The smallest absolute Gasteiger partial charge is 0.264 e. The number of rotatable bonds is 7. The third-order valence-electron chi connectivity index (χ3n) is 3.35. The van der Waals surface area contributed by atoms with Gasteiger partial charge in [0.25, 0.3) is 10.0 Å². The van der Waals surface area contributed by atoms with Crippen LogP contribution in [0.1, 0.15) is 0 Å². The number of ether oxygens (including phenoxy) is 2. The highest BCUT2D eigenvalue weighted by Crippen LogP contribution is 2.30. The summed E-state index contributed by atoms with van der Waals surface area (Å²) in [7, 11) is -0.784. The van der Waals surface area contributed by atoms with Gasteiger partial charge >= 0.3 is 0 Å². The Balaban J connectivity index is 2.28. The molecule has 2 aromatic carbocycles. The van der Waals surface area contributed by atoms with E-state index in [1.165, 1.54) is 36.7 Å². The van der Waals surface area contributed by atoms with E-state index in [1.54, 1.807) is 30.3 Å². The van der Waals surface area contributed by atoms with Crippen LogP contribution >= 0.6 is 11.6 Å². The first kappa shape index (κ1) is 18.2. The van der Waals surface area contributed by atoms with Gasteiger partial charge in [0.15, 0.2) is 0 Å². The van der Waals surface area contributed by atoms with E-state index in [4.69, 9.17) is 21.1 Å². The maximum absolute atomic E-state index is 12.7. The summed E-state index contributed by atoms with van der Waals surface area (Å²) in [4.78, 5) is 0.0859. The molecule has 0 atom stereocenters. The van der Waals surface area contributed by atoms with Crippen LogP contribution in [0.15, 0.2) is 60.0 Å². The van der Waals surface area contributed by atoms with Gasteiger partial charge in [-0.05, 0) is 42.5 Å². The molecule has 24 heavy (non-hydrogen) atoms. The lowest BCUT2D eigenvalue weighted by molar-refractivity contribution is 0.363. The molecular weight excluding hydrogens is 350 g/mol. The largest absolute Gasteiger partial charge is 0.495 e. The molecule has 7 heteroatoms. The molecule has 0 fully saturated rings. The van der Waals surface area contributed by atoms with Crippen molar-refractivity contribution < 1.29 is 17.9 Å². The first-order valence-corrected chi connectivity index (χ1v) is 8.88. The van der Waals surface area contributed by atoms with Crippen molar-refractivity contribution in [3.8, 4) is 11.5 Å². The van der Waals surface area contributed by atoms with Gasteiger partial charge < -0.3 is 9.47 Å². The molecule has 128 valence electrons. The average Bonchev–Trinajstić information content (AvgIpc) is 2.59. The maximum atomic E-state index is 12.7. The van der Waals surface area contributed by atoms with Crippen molar-refractivity contribution in [3.63, 3.8) is 0 Å². The van der Waals surface area contributed by atoms with Gasteiger partial charge in [-0.2, -0.15) is 0 Å². The summed E-state index contributed by atoms with van der Waals surface area (Å²) in [5.41, 5.74) is 0.507. The molecule has 0 aliphatic carbocycles. The van der Waals surface area contributed by atoms with E-state index in [0.717, 1.165) is 0 Å². The highest BCUT2D eigenvalue weighted by molar-refractivity contribution is 7.92. The zero-order valence-electron chi connectivity index (χ0n) is 13.4. The van der Waals surface area contributed by atoms with Gasteiger partial charge in [0.05, 0.1) is 22.7 Å². The normalized spacial score (nSPS) is 11.0. The molecular formula is C17H18ClNO4S. The molecule has 0 spiro atoms. The van der Waals surface area contributed by atoms with Crippen molar-refractivity contribution in [2.45, 2.75) is 4.90 Å². The van der Waals surface area contributed by atoms with Gasteiger partial charge in [-0.15, -0.1) is 0 Å². The number of hydrogen-bond donors (Lipinski definition) is 0. The van der Waals surface area contributed by atoms with Crippen LogP contribution in [0.4, 0.5) is 5.69 Å². The van der Waals surface area contributed by atoms with Gasteiger partial charge in [0, 0.05) is 7.05 Å². The van der Waals surface area contributed by atoms with Gasteiger partial charge in [-0.3, -0.25) is 4.31 Å². The standard InChI is InChI=1S/C17H18ClNO4S/c1-4-11-23-14-7-5-13(6-8-14)19(2)24(20,21)15-9-10-17(22-3)16(18)12-15/h4-10,12H,1,11H2,2-3H3. The molecule has 0 unspecified atom stereocenters. The van der Waals surface area contributed by atoms with E-state index in [1.807, 2.05) is 0 Å². The SMILES string of the molecule is C=CCOc1ccc(N(C)S(=O)(=O)c2ccc(OC)c(Cl)c2)cc1. The lowest BCUT2D eigenvalue weighted by Crippen LogP contribution is -2.26. The van der Waals surface area contributed by atoms with E-state index in [0.29, 0.717) is 23.8 Å². The molecule has 0 aromatic heterocycles. The minimum Gasteiger partial charge on any atom is -0.495 e. The van der Waals surface area contributed by atoms with Crippen molar-refractivity contribution in [1.29, 1.82) is 0 Å². The Morgan fingerprint density at radius 3 is 2.42 bits per heavy atom. The van der Waals surface area contributed by atoms with Crippen molar-refractivity contribution in [2.24, 2.45) is 0 Å². The fourth-order valence-corrected chi connectivity index (χ4v) is 3.56. The predicted molar refractivity (Wildman–Crippen MR) is 95.7 cm³/mol. The Morgan fingerprint density at radius 2 is 1.88 bits per heavy atom. The van der Waals surface area contributed by atoms with Gasteiger partial charge in [0.2, 0.25) is 0 Å². The topological polar surface area (TPSA) is 55.8 Å². The number of hydrogen-bond acceptors (Lipinski definition) is 4. The summed E-state index contributed by atoms with van der Waals surface area (Å²) in [6.45, 7) is 3.96. The highest BCUT2D eigenvalue weighted by Gasteiger charge is 2.22. The highest BCUT2D eigenvalue weighted by atomic mass is 35.5. The third kappa shape index (κ3) is 3.83. The molecule has 2 aromatic rings. The van der Waals surface area contributed by atoms with Crippen LogP contribution in [0.25, 0.3) is 0 Å². The Bertz CT molecular complexity index is 819. The fourth-order valence-electron chi connectivity index (χ4n) is 2.01. The Hall–Kier alpha value is -2.18. The van der Waals surface area contributed by atoms with Crippen LogP contribution in [0, 0.1) is 0 Å². The molecule has 0 aliphatic heterocycles. The Morgan fingerprint density at radius 1 is 1.21 bits per heavy atom. The van der Waals surface area contributed by atoms with E-state index >= 15 is 0 Å². The maximum Gasteiger partial charge on any atom is 0.264 e. The number of halogens is 1. The summed E-state index contributed by atoms with van der Waals surface area (Å²) >= 11 is 6.02. The van der Waals surface area contributed by atoms with E-state index in [-0.39, 0.29) is 9.92 Å². The van der Waals surface area contributed by atoms with Crippen LogP contribution in [0.3, 0.4) is 0 Å². The molecule has 0 bridgehead atoms. The molecule has 0 radical (unpaired) electrons. The van der Waals surface area contributed by atoms with Crippen molar-refractivity contribution >= 4 is 27.3 Å². The Kier molecular flexibility index (Phi) is 5.75. The number of methoxy groups -OCH3 is 1. The lowest BCUT2D eigenvalue weighted by atomic mass is 10.3. The number of nitrogens with zero attached hydrogens (tertiary/aromatic N) is 1. The van der Waals surface area contributed by atoms with Crippen LogP contribution in [-0.4, -0.2) is 29.2 Å². The second-order valence-corrected chi connectivity index (χ2v) is 7.24. The molecule has 0 amide bonds. The summed E-state index contributed by atoms with van der Waals surface area (Å²) < 4.78 is 37.1. The molecule has 0 saturated carbocycles. The molecule has 5 nitrogen and oxygen atoms in total. The summed E-state index contributed by atoms with van der Waals surface area (Å²) in [5, 5.41) is 0.236. The lowest BCUT2D eigenvalue weighted by Gasteiger charge is -2.20. The zero-order valence-corrected chi connectivity index (χ0v) is 15.0. The van der Waals surface area contributed by atoms with E-state index in [2.05, 4.69) is 6.58 Å². The number of benzene rings is 2. The summed E-state index contributed by atoms with van der Waals surface area (Å²) in [5.74, 6) is 1.05. The first-order chi connectivity index (χ1) is 11.4. The van der Waals surface area contributed by atoms with Crippen LogP contribution in [0.5, 0.6) is 11.5 Å². The quantitative estimate of drug-likeness (QED) is 0.699. The summed E-state index contributed by atoms with van der Waals surface area (Å²) in [6, 6.07) is 11.1. The second kappa shape index (κ2) is 7.59. The van der Waals surface area contributed by atoms with Gasteiger partial charge in [0.1, 0.15) is 18.1 Å². The molecule has 0 N–H and O–H groups in total. The predicted octanol–water partition coefficient (Wildman–Crippen LogP) is 3.74. The van der Waals surface area contributed by atoms with Crippen molar-refractivity contribution in [3.05, 3.63) is 60.1 Å². The average molecular weight is 368 g/mol. The van der Waals surface area contributed by atoms with Crippen LogP contribution in [0.2, 0.25) is 5.02 Å². The molecule has 0 aliphatic rings. The van der Waals surface area contributed by atoms with Crippen molar-refractivity contribution in [2.75, 3.05) is 25.1 Å². The fraction of sp³-hybridized carbons (Fsp3) is 0.176. The van der Waals surface area contributed by atoms with Gasteiger partial charge in [-0.25, -0.2) is 8.42 Å². The van der Waals surface area contributed by atoms with Gasteiger partial charge in [-0.1, -0.05) is 24.3 Å². The second-order valence-electron chi connectivity index (χ2n) is 4.86. The van der Waals surface area contributed by atoms with Crippen LogP contribution in [-0.2, 0) is 10.0 Å². The van der Waals surface area contributed by atoms with Crippen molar-refractivity contribution in [1.82, 2.24) is 0 Å². The van der Waals surface area contributed by atoms with E-state index in [9.17, 15) is 8.42 Å².